The van der Waals surface area contributed by atoms with Gasteiger partial charge in [0, 0.05) is 11.6 Å². The molecule has 1 aromatic heterocycles. The van der Waals surface area contributed by atoms with Crippen LogP contribution in [0.3, 0.4) is 0 Å². The Morgan fingerprint density at radius 2 is 1.82 bits per heavy atom. The molecule has 0 saturated carbocycles. The van der Waals surface area contributed by atoms with Gasteiger partial charge in [-0.05, 0) is 73.9 Å². The lowest BCUT2D eigenvalue weighted by Crippen LogP contribution is -2.34. The molecule has 0 unspecified atom stereocenters. The number of nitro benzene ring substituents is 1. The van der Waals surface area contributed by atoms with Crippen LogP contribution in [-0.2, 0) is 6.42 Å². The molecule has 0 aliphatic heterocycles. The quantitative estimate of drug-likeness (QED) is 0.150. The highest BCUT2D eigenvalue weighted by molar-refractivity contribution is 7.80. The van der Waals surface area contributed by atoms with Crippen molar-refractivity contribution in [1.29, 1.82) is 0 Å². The Morgan fingerprint density at radius 1 is 1.11 bits per heavy atom. The number of thiocarbonyl (C=S) groups is 1. The number of anilines is 1. The first-order chi connectivity index (χ1) is 18.3. The van der Waals surface area contributed by atoms with E-state index in [0.717, 1.165) is 31.0 Å². The average Bonchev–Trinajstić information content (AvgIpc) is 3.30. The number of carbonyl (C=O) groups is 1. The van der Waals surface area contributed by atoms with Gasteiger partial charge in [-0.3, -0.25) is 20.2 Å². The molecule has 0 atom stereocenters. The van der Waals surface area contributed by atoms with Crippen LogP contribution in [0.4, 0.5) is 11.4 Å². The molecule has 4 aromatic rings. The lowest BCUT2D eigenvalue weighted by molar-refractivity contribution is -0.385. The van der Waals surface area contributed by atoms with Crippen molar-refractivity contribution >= 4 is 57.2 Å². The molecule has 4 rings (SSSR count). The number of nitrogens with zero attached hydrogens (tertiary/aromatic N) is 4. The van der Waals surface area contributed by atoms with E-state index in [1.807, 2.05) is 12.1 Å². The highest BCUT2D eigenvalue weighted by Crippen LogP contribution is 2.29. The third-order valence-corrected chi connectivity index (χ3v) is 6.17. The van der Waals surface area contributed by atoms with Crippen molar-refractivity contribution in [2.24, 2.45) is 0 Å². The van der Waals surface area contributed by atoms with Gasteiger partial charge in [0.15, 0.2) is 10.9 Å². The first-order valence-electron chi connectivity index (χ1n) is 12.0. The first-order valence-corrected chi connectivity index (χ1v) is 12.8. The minimum Gasteiger partial charge on any atom is -0.487 e. The van der Waals surface area contributed by atoms with E-state index in [0.29, 0.717) is 21.7 Å². The van der Waals surface area contributed by atoms with E-state index in [2.05, 4.69) is 39.9 Å². The number of aryl methyl sites for hydroxylation is 1. The Labute approximate surface area is 229 Å². The molecule has 1 amide bonds. The second-order valence-electron chi connectivity index (χ2n) is 8.36. The van der Waals surface area contributed by atoms with Gasteiger partial charge in [-0.2, -0.15) is 4.80 Å². The van der Waals surface area contributed by atoms with Gasteiger partial charge < -0.3 is 10.1 Å². The van der Waals surface area contributed by atoms with Crippen LogP contribution in [0.1, 0.15) is 42.6 Å². The number of rotatable bonds is 9. The summed E-state index contributed by atoms with van der Waals surface area (Å²) in [7, 11) is 0. The summed E-state index contributed by atoms with van der Waals surface area (Å²) in [6.45, 7) is 4.13. The Balaban J connectivity index is 1.48. The number of benzene rings is 3. The molecule has 3 aromatic carbocycles. The van der Waals surface area contributed by atoms with E-state index in [1.165, 1.54) is 22.5 Å². The Hall–Kier alpha value is -4.09. The topological polar surface area (TPSA) is 124 Å². The second-order valence-corrected chi connectivity index (χ2v) is 9.18. The monoisotopic (exact) mass is 552 g/mol. The van der Waals surface area contributed by atoms with Crippen LogP contribution in [0.5, 0.6) is 5.75 Å². The summed E-state index contributed by atoms with van der Waals surface area (Å²) >= 11 is 11.7. The van der Waals surface area contributed by atoms with Crippen LogP contribution < -0.4 is 15.4 Å². The molecule has 0 fully saturated rings. The summed E-state index contributed by atoms with van der Waals surface area (Å²) in [6, 6.07) is 15.3. The summed E-state index contributed by atoms with van der Waals surface area (Å²) < 4.78 is 5.25. The summed E-state index contributed by atoms with van der Waals surface area (Å²) in [5.74, 6) is -0.547. The summed E-state index contributed by atoms with van der Waals surface area (Å²) in [4.78, 5) is 24.9. The predicted molar refractivity (Wildman–Crippen MR) is 150 cm³/mol. The zero-order chi connectivity index (χ0) is 27.2. The van der Waals surface area contributed by atoms with Crippen LogP contribution in [0.25, 0.3) is 16.7 Å². The van der Waals surface area contributed by atoms with E-state index in [9.17, 15) is 14.9 Å². The van der Waals surface area contributed by atoms with Crippen LogP contribution >= 0.6 is 23.8 Å². The SMILES string of the molecule is CCCCc1ccc(-n2nc3cc(Cl)c(NC(=S)NC(=O)c4ccc(OCC)c([N+](=O)[O-])c4)cc3n2)cc1. The van der Waals surface area contributed by atoms with Crippen LogP contribution in [-0.4, -0.2) is 37.5 Å². The van der Waals surface area contributed by atoms with Gasteiger partial charge in [-0.25, -0.2) is 0 Å². The summed E-state index contributed by atoms with van der Waals surface area (Å²) in [6.07, 6.45) is 3.31. The maximum atomic E-state index is 12.7. The Bertz CT molecular complexity index is 1510. The van der Waals surface area contributed by atoms with Gasteiger partial charge in [-0.1, -0.05) is 37.1 Å². The molecule has 1 heterocycles. The lowest BCUT2D eigenvalue weighted by atomic mass is 10.1. The fourth-order valence-electron chi connectivity index (χ4n) is 3.73. The molecule has 38 heavy (non-hydrogen) atoms. The van der Waals surface area contributed by atoms with E-state index in [-0.39, 0.29) is 28.7 Å². The van der Waals surface area contributed by atoms with Crippen molar-refractivity contribution in [3.05, 3.63) is 80.9 Å². The second kappa shape index (κ2) is 12.0. The van der Waals surface area contributed by atoms with E-state index >= 15 is 0 Å². The minimum absolute atomic E-state index is 0.0390. The van der Waals surface area contributed by atoms with Crippen molar-refractivity contribution < 1.29 is 14.5 Å². The molecule has 0 bridgehead atoms. The number of unbranched alkanes of at least 4 members (excludes halogenated alkanes) is 1. The number of halogens is 1. The number of fused-ring (bicyclic) bond motifs is 1. The maximum Gasteiger partial charge on any atom is 0.311 e. The van der Waals surface area contributed by atoms with E-state index in [1.54, 1.807) is 19.1 Å². The zero-order valence-electron chi connectivity index (χ0n) is 20.7. The molecule has 0 saturated heterocycles. The normalized spacial score (nSPS) is 10.8. The lowest BCUT2D eigenvalue weighted by Gasteiger charge is -2.11. The fourth-order valence-corrected chi connectivity index (χ4v) is 4.14. The molecular formula is C26H25ClN6O4S. The molecule has 196 valence electrons. The number of amides is 1. The van der Waals surface area contributed by atoms with Crippen LogP contribution in [0, 0.1) is 10.1 Å². The molecule has 12 heteroatoms. The summed E-state index contributed by atoms with van der Waals surface area (Å²) in [5.41, 5.74) is 3.40. The van der Waals surface area contributed by atoms with Gasteiger partial charge >= 0.3 is 5.69 Å². The van der Waals surface area contributed by atoms with Crippen molar-refractivity contribution in [3.8, 4) is 11.4 Å². The minimum atomic E-state index is -0.626. The molecule has 10 nitrogen and oxygen atoms in total. The van der Waals surface area contributed by atoms with Crippen molar-refractivity contribution in [2.45, 2.75) is 33.1 Å². The smallest absolute Gasteiger partial charge is 0.311 e. The van der Waals surface area contributed by atoms with Gasteiger partial charge in [0.1, 0.15) is 11.0 Å². The van der Waals surface area contributed by atoms with Crippen molar-refractivity contribution in [1.82, 2.24) is 20.3 Å². The third-order valence-electron chi connectivity index (χ3n) is 5.65. The Morgan fingerprint density at radius 3 is 2.47 bits per heavy atom. The van der Waals surface area contributed by atoms with Crippen molar-refractivity contribution in [3.63, 3.8) is 0 Å². The first kappa shape index (κ1) is 27.0. The van der Waals surface area contributed by atoms with Crippen LogP contribution in [0.2, 0.25) is 5.02 Å². The number of hydrogen-bond acceptors (Lipinski definition) is 7. The number of nitrogens with one attached hydrogen (secondary N) is 2. The van der Waals surface area contributed by atoms with Gasteiger partial charge in [0.05, 0.1) is 27.9 Å². The molecular weight excluding hydrogens is 528 g/mol. The third kappa shape index (κ3) is 6.24. The number of nitro groups is 1. The van der Waals surface area contributed by atoms with Gasteiger partial charge in [0.25, 0.3) is 5.91 Å². The number of aromatic nitrogens is 3. The standard InChI is InChI=1S/C26H25ClN6O4S/c1-3-5-6-16-7-10-18(11-8-16)32-30-21-14-19(27)20(15-22(21)31-32)28-26(38)29-25(34)17-9-12-24(37-4-2)23(13-17)33(35)36/h7-15H,3-6H2,1-2H3,(H2,28,29,34,38). The fraction of sp³-hybridized carbons (Fsp3) is 0.231. The van der Waals surface area contributed by atoms with Gasteiger partial charge in [-0.15, -0.1) is 10.2 Å². The molecule has 0 aliphatic carbocycles. The molecule has 0 aliphatic rings. The average molecular weight is 553 g/mol. The maximum absolute atomic E-state index is 12.7. The summed E-state index contributed by atoms with van der Waals surface area (Å²) in [5, 5.41) is 26.1. The Kier molecular flexibility index (Phi) is 8.49. The number of hydrogen-bond donors (Lipinski definition) is 2. The predicted octanol–water partition coefficient (Wildman–Crippen LogP) is 5.85. The highest BCUT2D eigenvalue weighted by atomic mass is 35.5. The van der Waals surface area contributed by atoms with E-state index in [4.69, 9.17) is 28.6 Å². The molecule has 0 radical (unpaired) electrons. The zero-order valence-corrected chi connectivity index (χ0v) is 22.3. The van der Waals surface area contributed by atoms with Crippen LogP contribution in [0.15, 0.2) is 54.6 Å². The number of ether oxygens (including phenoxy) is 1. The van der Waals surface area contributed by atoms with E-state index < -0.39 is 10.8 Å². The number of carbonyl (C=O) groups excluding carboxylic acids is 1. The largest absolute Gasteiger partial charge is 0.487 e. The van der Waals surface area contributed by atoms with Crippen molar-refractivity contribution in [2.75, 3.05) is 11.9 Å². The van der Waals surface area contributed by atoms with Gasteiger partial charge in [0.2, 0.25) is 0 Å². The molecule has 2 N–H and O–H groups in total. The molecule has 0 spiro atoms. The highest BCUT2D eigenvalue weighted by Gasteiger charge is 2.19.